The van der Waals surface area contributed by atoms with Crippen molar-refractivity contribution in [3.63, 3.8) is 0 Å². The molecular weight excluding hydrogens is 1130 g/mol. The molecule has 0 saturated carbocycles. The van der Waals surface area contributed by atoms with Crippen LogP contribution in [0.4, 0.5) is 0 Å². The Labute approximate surface area is 520 Å². The highest BCUT2D eigenvalue weighted by atomic mass is 32.2. The van der Waals surface area contributed by atoms with Crippen molar-refractivity contribution in [1.29, 1.82) is 0 Å². The first-order valence-electron chi connectivity index (χ1n) is 32.8. The number of ether oxygens (including phenoxy) is 8. The van der Waals surface area contributed by atoms with Gasteiger partial charge in [0.05, 0.1) is 103 Å². The van der Waals surface area contributed by atoms with Gasteiger partial charge in [-0.15, -0.1) is 11.8 Å². The summed E-state index contributed by atoms with van der Waals surface area (Å²) < 4.78 is 44.1. The van der Waals surface area contributed by atoms with Crippen molar-refractivity contribution >= 4 is 64.8 Å². The maximum Gasteiger partial charge on any atom is 0.306 e. The van der Waals surface area contributed by atoms with Gasteiger partial charge in [0, 0.05) is 62.5 Å². The second kappa shape index (κ2) is 58.9. The van der Waals surface area contributed by atoms with Crippen LogP contribution in [0, 0.1) is 0 Å². The van der Waals surface area contributed by atoms with Crippen molar-refractivity contribution in [1.82, 2.24) is 10.2 Å². The Morgan fingerprint density at radius 3 is 1.39 bits per heavy atom. The molecule has 1 rings (SSSR count). The summed E-state index contributed by atoms with van der Waals surface area (Å²) in [5, 5.41) is 1.99. The summed E-state index contributed by atoms with van der Waals surface area (Å²) in [7, 11) is 0. The number of imide groups is 1. The van der Waals surface area contributed by atoms with Gasteiger partial charge >= 0.3 is 11.9 Å². The van der Waals surface area contributed by atoms with Crippen molar-refractivity contribution < 1.29 is 71.5 Å². The number of hydrogen-bond acceptors (Lipinski definition) is 20. The van der Waals surface area contributed by atoms with Gasteiger partial charge in [0.2, 0.25) is 17.7 Å². The molecule has 496 valence electrons. The quantitative estimate of drug-likeness (QED) is 0.0251. The summed E-state index contributed by atoms with van der Waals surface area (Å²) in [6.45, 7) is 9.17. The van der Waals surface area contributed by atoms with E-state index in [0.717, 1.165) is 61.6 Å². The van der Waals surface area contributed by atoms with Gasteiger partial charge in [-0.25, -0.2) is 0 Å². The maximum atomic E-state index is 13.3. The second-order valence-corrected chi connectivity index (χ2v) is 24.4. The van der Waals surface area contributed by atoms with Crippen molar-refractivity contribution in [3.8, 4) is 0 Å². The number of carbonyl (C=O) groups excluding carboxylic acids is 7. The topological polar surface area (TPSA) is 287 Å². The number of ketones is 2. The lowest BCUT2D eigenvalue weighted by molar-refractivity contribution is -0.157. The summed E-state index contributed by atoms with van der Waals surface area (Å²) in [6.07, 6.45) is 31.5. The number of unbranched alkanes of at least 4 members (excludes halogenated alkanes) is 24. The summed E-state index contributed by atoms with van der Waals surface area (Å²) in [5.74, 6) is -1.73. The third kappa shape index (κ3) is 48.8. The van der Waals surface area contributed by atoms with Crippen molar-refractivity contribution in [2.75, 3.05) is 123 Å². The van der Waals surface area contributed by atoms with Crippen molar-refractivity contribution in [2.24, 2.45) is 17.2 Å². The summed E-state index contributed by atoms with van der Waals surface area (Å²) in [4.78, 5) is 89.8. The van der Waals surface area contributed by atoms with Gasteiger partial charge in [-0.1, -0.05) is 168 Å². The number of Topliss-reactive ketones (excluding diaryl/α,β-unsaturated/α-hetero) is 2. The molecule has 1 heterocycles. The molecule has 0 spiro atoms. The minimum Gasteiger partial charge on any atom is -0.462 e. The van der Waals surface area contributed by atoms with Gasteiger partial charge in [-0.05, 0) is 12.8 Å². The molecule has 7 N–H and O–H groups in total. The number of thioether (sulfide) groups is 2. The average Bonchev–Trinajstić information content (AvgIpc) is 3.40. The second-order valence-electron chi connectivity index (χ2n) is 22.1. The van der Waals surface area contributed by atoms with E-state index in [2.05, 4.69) is 19.2 Å². The Kier molecular flexibility index (Phi) is 55.6. The molecule has 4 unspecified atom stereocenters. The minimum atomic E-state index is -0.994. The smallest absolute Gasteiger partial charge is 0.306 e. The van der Waals surface area contributed by atoms with Crippen LogP contribution in [0.3, 0.4) is 0 Å². The lowest BCUT2D eigenvalue weighted by Crippen LogP contribution is -2.46. The van der Waals surface area contributed by atoms with Crippen LogP contribution in [0.1, 0.15) is 213 Å². The van der Waals surface area contributed by atoms with Gasteiger partial charge < -0.3 is 60.4 Å². The molecule has 3 amide bonds. The van der Waals surface area contributed by atoms with Crippen LogP contribution in [0.5, 0.6) is 0 Å². The number of amides is 3. The third-order valence-electron chi connectivity index (χ3n) is 14.5. The van der Waals surface area contributed by atoms with Crippen LogP contribution in [0.15, 0.2) is 0 Å². The van der Waals surface area contributed by atoms with Crippen LogP contribution in [-0.4, -0.2) is 192 Å². The molecule has 0 aromatic carbocycles. The molecule has 20 nitrogen and oxygen atoms in total. The fourth-order valence-corrected chi connectivity index (χ4v) is 11.4. The largest absolute Gasteiger partial charge is 0.462 e. The molecule has 85 heavy (non-hydrogen) atoms. The summed E-state index contributed by atoms with van der Waals surface area (Å²) >= 11 is 2.44. The summed E-state index contributed by atoms with van der Waals surface area (Å²) in [6, 6.07) is -1.94. The zero-order valence-corrected chi connectivity index (χ0v) is 54.4. The normalized spacial score (nSPS) is 14.5. The minimum absolute atomic E-state index is 0.0284. The third-order valence-corrected chi connectivity index (χ3v) is 17.0. The Balaban J connectivity index is 2.34. The highest BCUT2D eigenvalue weighted by molar-refractivity contribution is 8.00. The van der Waals surface area contributed by atoms with E-state index in [-0.39, 0.29) is 93.0 Å². The lowest BCUT2D eigenvalue weighted by atomic mass is 10.0. The van der Waals surface area contributed by atoms with Crippen LogP contribution < -0.4 is 22.5 Å². The Hall–Kier alpha value is -2.77. The van der Waals surface area contributed by atoms with E-state index in [1.54, 1.807) is 0 Å². The van der Waals surface area contributed by atoms with Gasteiger partial charge in [-0.2, -0.15) is 11.8 Å². The van der Waals surface area contributed by atoms with E-state index in [4.69, 9.17) is 55.1 Å². The predicted molar refractivity (Wildman–Crippen MR) is 339 cm³/mol. The van der Waals surface area contributed by atoms with E-state index in [9.17, 15) is 33.6 Å². The number of nitrogens with zero attached hydrogens (tertiary/aromatic N) is 1. The van der Waals surface area contributed by atoms with E-state index in [0.29, 0.717) is 85.5 Å². The van der Waals surface area contributed by atoms with Crippen LogP contribution in [0.25, 0.3) is 0 Å². The molecule has 22 heteroatoms. The Morgan fingerprint density at radius 2 is 0.929 bits per heavy atom. The zero-order chi connectivity index (χ0) is 62.1. The number of esters is 2. The van der Waals surface area contributed by atoms with E-state index in [1.807, 2.05) is 0 Å². The number of nitrogens with two attached hydrogens (primary N) is 3. The fourth-order valence-electron chi connectivity index (χ4n) is 9.25. The lowest BCUT2D eigenvalue weighted by Gasteiger charge is -2.20. The van der Waals surface area contributed by atoms with Crippen molar-refractivity contribution in [2.45, 2.75) is 236 Å². The zero-order valence-electron chi connectivity index (χ0n) is 52.8. The Morgan fingerprint density at radius 1 is 0.518 bits per heavy atom. The molecule has 1 fully saturated rings. The number of hydrogen-bond donors (Lipinski definition) is 4. The highest BCUT2D eigenvalue weighted by Crippen LogP contribution is 2.26. The Bertz CT molecular complexity index is 1690. The van der Waals surface area contributed by atoms with Gasteiger partial charge in [0.15, 0.2) is 5.78 Å². The molecule has 0 bridgehead atoms. The maximum absolute atomic E-state index is 13.3. The van der Waals surface area contributed by atoms with Crippen LogP contribution in [-0.2, 0) is 71.5 Å². The molecule has 1 aliphatic rings. The number of rotatable bonds is 65. The first-order chi connectivity index (χ1) is 41.4. The molecule has 0 radical (unpaired) electrons. The van der Waals surface area contributed by atoms with Gasteiger partial charge in [0.25, 0.3) is 0 Å². The number of nitrogens with one attached hydrogen (secondary N) is 1. The molecule has 4 atom stereocenters. The highest BCUT2D eigenvalue weighted by Gasteiger charge is 2.39. The predicted octanol–water partition coefficient (Wildman–Crippen LogP) is 8.75. The van der Waals surface area contributed by atoms with Gasteiger partial charge in [0.1, 0.15) is 18.5 Å². The fraction of sp³-hybridized carbons (Fsp3) is 0.889. The van der Waals surface area contributed by atoms with Gasteiger partial charge in [-0.3, -0.25) is 38.5 Å². The monoisotopic (exact) mass is 1250 g/mol. The first-order valence-corrected chi connectivity index (χ1v) is 35.0. The van der Waals surface area contributed by atoms with E-state index < -0.39 is 41.0 Å². The molecule has 0 aromatic rings. The molecule has 1 aliphatic heterocycles. The average molecular weight is 1250 g/mol. The van der Waals surface area contributed by atoms with Crippen LogP contribution >= 0.6 is 23.5 Å². The number of carbonyl (C=O) groups is 7. The SMILES string of the molecule is CCCCCCCCCCCCCCCC(=O)OCC(CSCC(N)C(=O)C(N)CSC1CC(=O)N(CCC(=O)NCCOCCOCCOCCOCCOCCOCCC(=O)CN)C1=O)OC(=O)CCCCCCCCCCCCCCC. The number of likely N-dealkylation sites (tertiary alicyclic amines) is 1. The first kappa shape index (κ1) is 80.2. The van der Waals surface area contributed by atoms with E-state index >= 15 is 0 Å². The standard InChI is InChI=1S/C63H117N5O15S2/c1-3-5-7-9-11-13-15-17-19-21-23-25-27-29-60(72)82-49-54(83-61(73)30-28-26-24-22-20-18-16-14-12-10-8-6-4-2)50-84-51-55(65)62(74)56(66)52-85-57-47-59(71)68(63(57)75)34-31-58(70)67-33-36-77-38-40-79-42-44-81-46-45-80-43-41-78-39-37-76-35-32-53(69)48-64/h54-57H,3-52,64-66H2,1-2H3,(H,67,70). The van der Waals surface area contributed by atoms with Crippen molar-refractivity contribution in [3.05, 3.63) is 0 Å². The summed E-state index contributed by atoms with van der Waals surface area (Å²) in [5.41, 5.74) is 17.9. The molecular formula is C63H117N5O15S2. The van der Waals surface area contributed by atoms with Crippen LogP contribution in [0.2, 0.25) is 0 Å². The molecule has 0 aromatic heterocycles. The van der Waals surface area contributed by atoms with E-state index in [1.165, 1.54) is 134 Å². The molecule has 0 aliphatic carbocycles. The molecule has 1 saturated heterocycles.